The first kappa shape index (κ1) is 29.7. The second-order valence-electron chi connectivity index (χ2n) is 13.0. The van der Waals surface area contributed by atoms with E-state index >= 15 is 0 Å². The highest BCUT2D eigenvalue weighted by Gasteiger charge is 2.19. The normalized spacial score (nSPS) is 11.8. The van der Waals surface area contributed by atoms with Crippen molar-refractivity contribution >= 4 is 65.4 Å². The lowest BCUT2D eigenvalue weighted by molar-refractivity contribution is 0.668. The zero-order chi connectivity index (χ0) is 34.9. The molecule has 0 saturated heterocycles. The van der Waals surface area contributed by atoms with E-state index in [1.165, 1.54) is 0 Å². The summed E-state index contributed by atoms with van der Waals surface area (Å²) in [5, 5.41) is 5.19. The van der Waals surface area contributed by atoms with Crippen molar-refractivity contribution in [1.82, 2.24) is 19.9 Å². The van der Waals surface area contributed by atoms with Gasteiger partial charge in [0.05, 0.1) is 10.2 Å². The van der Waals surface area contributed by atoms with Crippen molar-refractivity contribution in [3.63, 3.8) is 0 Å². The molecule has 53 heavy (non-hydrogen) atoms. The zero-order valence-electron chi connectivity index (χ0n) is 28.0. The summed E-state index contributed by atoms with van der Waals surface area (Å²) < 4.78 is 13.7. The van der Waals surface area contributed by atoms with Gasteiger partial charge >= 0.3 is 0 Å². The maximum atomic E-state index is 6.33. The Labute approximate surface area is 306 Å². The fourth-order valence-corrected chi connectivity index (χ4v) is 8.37. The molecule has 11 aromatic rings. The van der Waals surface area contributed by atoms with Crippen LogP contribution in [0.3, 0.4) is 0 Å². The van der Waals surface area contributed by atoms with Crippen LogP contribution in [0.2, 0.25) is 0 Å². The molecule has 7 heteroatoms. The minimum atomic E-state index is 0.595. The van der Waals surface area contributed by atoms with E-state index in [9.17, 15) is 0 Å². The van der Waals surface area contributed by atoms with Gasteiger partial charge in [-0.1, -0.05) is 121 Å². The number of aromatic nitrogens is 4. The van der Waals surface area contributed by atoms with Gasteiger partial charge in [-0.2, -0.15) is 0 Å². The topological polar surface area (TPSA) is 77.8 Å². The van der Waals surface area contributed by atoms with Crippen LogP contribution in [-0.2, 0) is 0 Å². The van der Waals surface area contributed by atoms with E-state index in [2.05, 4.69) is 72.8 Å². The molecular weight excluding hydrogens is 673 g/mol. The van der Waals surface area contributed by atoms with Crippen LogP contribution in [-0.4, -0.2) is 19.9 Å². The molecule has 0 N–H and O–H groups in total. The Kier molecular flexibility index (Phi) is 6.62. The molecule has 4 aromatic heterocycles. The standard InChI is InChI=1S/C46H26N4O2S/c1-3-10-28(11-4-1)43-48-44(50-45(49-43)33-15-9-17-38-40(33)32-14-7-8-16-36(32)51-38)29-20-18-27(19-21-29)31-22-24-37-34(26-31)41-39(52-37)25-23-35-42(41)53-46(47-35)30-12-5-2-6-13-30/h1-26H. The van der Waals surface area contributed by atoms with Crippen molar-refractivity contribution in [2.24, 2.45) is 0 Å². The molecule has 0 aliphatic carbocycles. The Morgan fingerprint density at radius 1 is 0.377 bits per heavy atom. The van der Waals surface area contributed by atoms with Crippen molar-refractivity contribution in [1.29, 1.82) is 0 Å². The van der Waals surface area contributed by atoms with Gasteiger partial charge in [-0.3, -0.25) is 0 Å². The van der Waals surface area contributed by atoms with Gasteiger partial charge in [0.2, 0.25) is 0 Å². The van der Waals surface area contributed by atoms with E-state index in [1.807, 2.05) is 84.9 Å². The molecule has 0 spiro atoms. The van der Waals surface area contributed by atoms with Gasteiger partial charge in [-0.05, 0) is 47.5 Å². The molecule has 0 amide bonds. The predicted octanol–water partition coefficient (Wildman–Crippen LogP) is 12.6. The number of hydrogen-bond acceptors (Lipinski definition) is 7. The number of furan rings is 2. The molecule has 0 atom stereocenters. The maximum Gasteiger partial charge on any atom is 0.164 e. The molecule has 0 fully saturated rings. The quantitative estimate of drug-likeness (QED) is 0.178. The smallest absolute Gasteiger partial charge is 0.164 e. The number of benzene rings is 7. The fraction of sp³-hybridized carbons (Fsp3) is 0. The number of rotatable bonds is 5. The monoisotopic (exact) mass is 698 g/mol. The van der Waals surface area contributed by atoms with Gasteiger partial charge in [0.25, 0.3) is 0 Å². The van der Waals surface area contributed by atoms with E-state index in [-0.39, 0.29) is 0 Å². The van der Waals surface area contributed by atoms with Crippen LogP contribution < -0.4 is 0 Å². The summed E-state index contributed by atoms with van der Waals surface area (Å²) in [6.07, 6.45) is 0. The summed E-state index contributed by atoms with van der Waals surface area (Å²) in [4.78, 5) is 20.1. The molecule has 7 aromatic carbocycles. The minimum Gasteiger partial charge on any atom is -0.456 e. The van der Waals surface area contributed by atoms with Crippen LogP contribution in [0.15, 0.2) is 167 Å². The van der Waals surface area contributed by atoms with Crippen LogP contribution in [0.5, 0.6) is 0 Å². The average Bonchev–Trinajstić information content (AvgIpc) is 3.94. The highest BCUT2D eigenvalue weighted by molar-refractivity contribution is 7.22. The fourth-order valence-electron chi connectivity index (χ4n) is 7.25. The molecule has 248 valence electrons. The summed E-state index contributed by atoms with van der Waals surface area (Å²) in [6, 6.07) is 53.4. The molecule has 4 heterocycles. The first-order valence-electron chi connectivity index (χ1n) is 17.4. The SMILES string of the molecule is c1ccc(-c2nc(-c3ccc(-c4ccc5oc6ccc7nc(-c8ccccc8)sc7c6c5c4)cc3)nc(-c3cccc4oc5ccccc5c34)n2)cc1. The minimum absolute atomic E-state index is 0.595. The van der Waals surface area contributed by atoms with Crippen LogP contribution >= 0.6 is 11.3 Å². The van der Waals surface area contributed by atoms with E-state index < -0.39 is 0 Å². The third kappa shape index (κ3) is 4.93. The van der Waals surface area contributed by atoms with E-state index in [0.29, 0.717) is 17.5 Å². The highest BCUT2D eigenvalue weighted by atomic mass is 32.1. The molecule has 0 aliphatic heterocycles. The number of thiazole rings is 1. The molecule has 0 unspecified atom stereocenters. The molecule has 6 nitrogen and oxygen atoms in total. The lowest BCUT2D eigenvalue weighted by Crippen LogP contribution is -2.00. The van der Waals surface area contributed by atoms with Crippen LogP contribution in [0, 0.1) is 0 Å². The van der Waals surface area contributed by atoms with E-state index in [0.717, 1.165) is 92.5 Å². The van der Waals surface area contributed by atoms with Crippen molar-refractivity contribution < 1.29 is 8.83 Å². The summed E-state index contributed by atoms with van der Waals surface area (Å²) in [7, 11) is 0. The largest absolute Gasteiger partial charge is 0.456 e. The summed E-state index contributed by atoms with van der Waals surface area (Å²) in [6.45, 7) is 0. The molecule has 0 bridgehead atoms. The van der Waals surface area contributed by atoms with Gasteiger partial charge in [-0.15, -0.1) is 11.3 Å². The first-order valence-corrected chi connectivity index (χ1v) is 18.2. The van der Waals surface area contributed by atoms with Gasteiger partial charge in [0.1, 0.15) is 27.3 Å². The Hall–Kier alpha value is -6.96. The van der Waals surface area contributed by atoms with Gasteiger partial charge < -0.3 is 8.83 Å². The highest BCUT2D eigenvalue weighted by Crippen LogP contribution is 2.41. The van der Waals surface area contributed by atoms with Crippen LogP contribution in [0.1, 0.15) is 0 Å². The van der Waals surface area contributed by atoms with Gasteiger partial charge in [-0.25, -0.2) is 19.9 Å². The lowest BCUT2D eigenvalue weighted by Gasteiger charge is -2.10. The second-order valence-corrected chi connectivity index (χ2v) is 14.0. The Morgan fingerprint density at radius 2 is 0.962 bits per heavy atom. The number of para-hydroxylation sites is 1. The Morgan fingerprint density at radius 3 is 1.75 bits per heavy atom. The summed E-state index contributed by atoms with van der Waals surface area (Å²) >= 11 is 1.71. The maximum absolute atomic E-state index is 6.33. The lowest BCUT2D eigenvalue weighted by atomic mass is 10.0. The van der Waals surface area contributed by atoms with Crippen LogP contribution in [0.4, 0.5) is 0 Å². The molecule has 0 saturated carbocycles. The first-order chi connectivity index (χ1) is 26.2. The van der Waals surface area contributed by atoms with Crippen molar-refractivity contribution in [2.75, 3.05) is 0 Å². The molecule has 0 aliphatic rings. The van der Waals surface area contributed by atoms with E-state index in [4.69, 9.17) is 28.8 Å². The third-order valence-electron chi connectivity index (χ3n) is 9.80. The second kappa shape index (κ2) is 11.8. The van der Waals surface area contributed by atoms with Crippen LogP contribution in [0.25, 0.3) is 110 Å². The van der Waals surface area contributed by atoms with Gasteiger partial charge in [0, 0.05) is 43.8 Å². The number of hydrogen-bond donors (Lipinski definition) is 0. The molecule has 0 radical (unpaired) electrons. The number of nitrogens with zero attached hydrogens (tertiary/aromatic N) is 4. The summed E-state index contributed by atoms with van der Waals surface area (Å²) in [5.74, 6) is 1.81. The van der Waals surface area contributed by atoms with E-state index in [1.54, 1.807) is 11.3 Å². The van der Waals surface area contributed by atoms with Crippen molar-refractivity contribution in [3.8, 4) is 55.9 Å². The van der Waals surface area contributed by atoms with Crippen molar-refractivity contribution in [3.05, 3.63) is 158 Å². The Bertz CT molecular complexity index is 3160. The van der Waals surface area contributed by atoms with Gasteiger partial charge in [0.15, 0.2) is 17.5 Å². The summed E-state index contributed by atoms with van der Waals surface area (Å²) in [5.41, 5.74) is 10.3. The number of fused-ring (bicyclic) bond motifs is 8. The zero-order valence-corrected chi connectivity index (χ0v) is 28.8. The van der Waals surface area contributed by atoms with Crippen molar-refractivity contribution in [2.45, 2.75) is 0 Å². The molecule has 11 rings (SSSR count). The third-order valence-corrected chi connectivity index (χ3v) is 10.9. The molecular formula is C46H26N4O2S. The Balaban J connectivity index is 1.02. The predicted molar refractivity (Wildman–Crippen MR) is 215 cm³/mol. The average molecular weight is 699 g/mol.